The van der Waals surface area contributed by atoms with Gasteiger partial charge in [0.05, 0.1) is 123 Å². The zero-order valence-electron chi connectivity index (χ0n) is 71.6. The van der Waals surface area contributed by atoms with Crippen molar-refractivity contribution < 1.29 is 38.1 Å². The highest BCUT2D eigenvalue weighted by Gasteiger charge is 2.36. The number of allylic oxidation sites excluding steroid dienone is 4. The Labute approximate surface area is 714 Å². The Kier molecular flexibility index (Phi) is 25.4. The van der Waals surface area contributed by atoms with E-state index in [9.17, 15) is 19.2 Å². The van der Waals surface area contributed by atoms with Crippen LogP contribution < -0.4 is 19.6 Å². The summed E-state index contributed by atoms with van der Waals surface area (Å²) in [5, 5.41) is 0. The number of anilines is 4. The lowest BCUT2D eigenvalue weighted by Crippen LogP contribution is -2.44. The number of carbonyl (C=O) groups is 4. The molecule has 12 aliphatic rings. The molecule has 0 radical (unpaired) electrons. The molecule has 8 fully saturated rings. The van der Waals surface area contributed by atoms with E-state index in [0.717, 1.165) is 279 Å². The van der Waals surface area contributed by atoms with Gasteiger partial charge in [0.15, 0.2) is 23.3 Å². The van der Waals surface area contributed by atoms with Crippen molar-refractivity contribution in [1.82, 2.24) is 79.4 Å². The first kappa shape index (κ1) is 83.1. The van der Waals surface area contributed by atoms with Gasteiger partial charge in [0, 0.05) is 249 Å². The van der Waals surface area contributed by atoms with Crippen molar-refractivity contribution in [1.29, 1.82) is 0 Å². The molecule has 0 bridgehead atoms. The Bertz CT molecular complexity index is 5020. The number of morpholine rings is 4. The van der Waals surface area contributed by atoms with E-state index in [2.05, 4.69) is 140 Å². The van der Waals surface area contributed by atoms with Crippen molar-refractivity contribution in [3.63, 3.8) is 0 Å². The zero-order chi connectivity index (χ0) is 84.1. The minimum absolute atomic E-state index is 0.130. The SMILES string of the molecule is CC(=O)N1CCC[C@@H](c2cc(N3CCOC[C@H]3C)nc(-c3ccnc4c3C=CC4)n2)C1.CC(=O)N1CCC[C@H](c2cc(N3CCOC[C@H]3C)nc(-c3ccnc4c3C=CC4)n2)C1.CC(=O)N1CC[C@@H](c2cc(N3CCOC[C@H]3C)nc(-c3ccnc4c3C=CC4)n2)C1.CC(=O)N1CC[C@H](c2cc(N3CCOC[C@H]3C)nc(-c3ccnc4c3C=CC4)n2)C1. The van der Waals surface area contributed by atoms with E-state index >= 15 is 0 Å². The number of amides is 4. The highest BCUT2D eigenvalue weighted by atomic mass is 16.5. The Morgan fingerprint density at radius 2 is 0.566 bits per heavy atom. The molecule has 28 heteroatoms. The minimum atomic E-state index is 0.130. The molecule has 0 saturated carbocycles. The van der Waals surface area contributed by atoms with Crippen LogP contribution in [0.4, 0.5) is 23.3 Å². The molecule has 8 aromatic heterocycles. The Morgan fingerprint density at radius 1 is 0.320 bits per heavy atom. The maximum Gasteiger partial charge on any atom is 0.219 e. The molecule has 636 valence electrons. The molecule has 122 heavy (non-hydrogen) atoms. The van der Waals surface area contributed by atoms with Crippen molar-refractivity contribution in [3.05, 3.63) is 165 Å². The first-order chi connectivity index (χ1) is 59.4. The zero-order valence-corrected chi connectivity index (χ0v) is 71.6. The quantitative estimate of drug-likeness (QED) is 0.110. The fourth-order valence-electron chi connectivity index (χ4n) is 19.0. The van der Waals surface area contributed by atoms with Crippen molar-refractivity contribution in [2.24, 2.45) is 0 Å². The summed E-state index contributed by atoms with van der Waals surface area (Å²) in [5.74, 6) is 8.21. The third-order valence-electron chi connectivity index (χ3n) is 25.9. The summed E-state index contributed by atoms with van der Waals surface area (Å²) in [4.78, 5) is 123. The van der Waals surface area contributed by atoms with Crippen LogP contribution in [0.5, 0.6) is 0 Å². The number of piperidine rings is 2. The highest BCUT2D eigenvalue weighted by Crippen LogP contribution is 2.41. The molecule has 4 amide bonds. The van der Waals surface area contributed by atoms with E-state index in [1.165, 1.54) is 0 Å². The van der Waals surface area contributed by atoms with Gasteiger partial charge in [-0.1, -0.05) is 48.6 Å². The lowest BCUT2D eigenvalue weighted by molar-refractivity contribution is -0.130. The van der Waals surface area contributed by atoms with Gasteiger partial charge in [-0.25, -0.2) is 39.9 Å². The number of hydrogen-bond acceptors (Lipinski definition) is 24. The smallest absolute Gasteiger partial charge is 0.219 e. The molecule has 20 rings (SSSR count). The molecule has 8 aliphatic heterocycles. The van der Waals surface area contributed by atoms with Crippen LogP contribution >= 0.6 is 0 Å². The second-order valence-corrected chi connectivity index (χ2v) is 34.2. The van der Waals surface area contributed by atoms with Crippen LogP contribution in [0, 0.1) is 0 Å². The fraction of sp³-hybridized carbons (Fsp3) is 0.489. The van der Waals surface area contributed by atoms with E-state index in [1.54, 1.807) is 27.7 Å². The molecule has 0 unspecified atom stereocenters. The van der Waals surface area contributed by atoms with Crippen molar-refractivity contribution in [2.45, 2.75) is 167 Å². The summed E-state index contributed by atoms with van der Waals surface area (Å²) in [6.45, 7) is 30.3. The molecular formula is C94H112N20O8. The van der Waals surface area contributed by atoms with Gasteiger partial charge in [-0.05, 0) is 90.5 Å². The maximum atomic E-state index is 12.0. The summed E-state index contributed by atoms with van der Waals surface area (Å²) >= 11 is 0. The van der Waals surface area contributed by atoms with Gasteiger partial charge in [0.2, 0.25) is 23.6 Å². The number of hydrogen-bond donors (Lipinski definition) is 0. The van der Waals surface area contributed by atoms with Crippen LogP contribution in [-0.4, -0.2) is 259 Å². The van der Waals surface area contributed by atoms with Gasteiger partial charge in [-0.3, -0.25) is 39.1 Å². The summed E-state index contributed by atoms with van der Waals surface area (Å²) in [5.41, 5.74) is 17.0. The number of fused-ring (bicyclic) bond motifs is 4. The summed E-state index contributed by atoms with van der Waals surface area (Å²) in [6.07, 6.45) is 33.8. The van der Waals surface area contributed by atoms with Gasteiger partial charge < -0.3 is 58.1 Å². The number of carbonyl (C=O) groups excluding carboxylic acids is 4. The van der Waals surface area contributed by atoms with Crippen LogP contribution in [0.2, 0.25) is 0 Å². The summed E-state index contributed by atoms with van der Waals surface area (Å²) in [7, 11) is 0. The number of pyridine rings is 4. The number of aromatic nitrogens is 12. The molecule has 0 aromatic carbocycles. The standard InChI is InChI=1S/2C24H29N5O2.2C23H27N5O2/c2*1-16-15-31-12-11-29(16)23-13-22(18-5-4-10-28(14-18)17(2)30)26-24(27-23)20-8-9-25-21-7-3-6-19(20)21;2*1-15-14-30-11-10-28(15)22-12-21(17-7-9-27(13-17)16(2)29)25-23(26-22)19-6-8-24-20-5-3-4-18(19)20/h2*3,6,8-9,13,16,18H,4-5,7,10-12,14-15H2,1-2H3;2*3-4,6,8,12,15,17H,5,7,9-11,13-14H2,1-2H3/t16-,18+;16-,18-;15-,17+;15-,17-/m1111/s1. The largest absolute Gasteiger partial charge is 0.377 e. The topological polar surface area (TPSA) is 286 Å². The average Bonchev–Trinajstić information content (AvgIpc) is 1.41. The van der Waals surface area contributed by atoms with Crippen LogP contribution in [0.15, 0.2) is 97.6 Å². The summed E-state index contributed by atoms with van der Waals surface area (Å²) < 4.78 is 22.6. The Balaban J connectivity index is 0.000000116. The molecule has 28 nitrogen and oxygen atoms in total. The molecular weight excluding hydrogens is 1540 g/mol. The number of likely N-dealkylation sites (tertiary alicyclic amines) is 4. The van der Waals surface area contributed by atoms with E-state index in [1.807, 2.05) is 68.7 Å². The average molecular weight is 1650 g/mol. The van der Waals surface area contributed by atoms with Crippen LogP contribution in [0.1, 0.15) is 185 Å². The normalized spacial score (nSPS) is 23.1. The predicted molar refractivity (Wildman–Crippen MR) is 470 cm³/mol. The van der Waals surface area contributed by atoms with Gasteiger partial charge in [-0.15, -0.1) is 0 Å². The van der Waals surface area contributed by atoms with Crippen molar-refractivity contribution in [2.75, 3.05) is 151 Å². The van der Waals surface area contributed by atoms with Crippen molar-refractivity contribution >= 4 is 71.2 Å². The van der Waals surface area contributed by atoms with Gasteiger partial charge >= 0.3 is 0 Å². The monoisotopic (exact) mass is 1650 g/mol. The fourth-order valence-corrected chi connectivity index (χ4v) is 19.0. The highest BCUT2D eigenvalue weighted by molar-refractivity contribution is 5.81. The minimum Gasteiger partial charge on any atom is -0.377 e. The molecule has 8 atom stereocenters. The number of ether oxygens (including phenoxy) is 4. The molecule has 16 heterocycles. The first-order valence-corrected chi connectivity index (χ1v) is 43.9. The predicted octanol–water partition coefficient (Wildman–Crippen LogP) is 11.5. The molecule has 4 aliphatic carbocycles. The Hall–Kier alpha value is -11.2. The number of rotatable bonds is 12. The van der Waals surface area contributed by atoms with Gasteiger partial charge in [0.1, 0.15) is 23.3 Å². The van der Waals surface area contributed by atoms with Crippen LogP contribution in [0.3, 0.4) is 0 Å². The lowest BCUT2D eigenvalue weighted by Gasteiger charge is -2.36. The van der Waals surface area contributed by atoms with E-state index < -0.39 is 0 Å². The second-order valence-electron chi connectivity index (χ2n) is 34.2. The van der Waals surface area contributed by atoms with Gasteiger partial charge in [-0.2, -0.15) is 0 Å². The molecule has 0 spiro atoms. The third-order valence-corrected chi connectivity index (χ3v) is 25.9. The van der Waals surface area contributed by atoms with Gasteiger partial charge in [0.25, 0.3) is 0 Å². The van der Waals surface area contributed by atoms with E-state index in [0.29, 0.717) is 52.9 Å². The van der Waals surface area contributed by atoms with Crippen LogP contribution in [-0.2, 0) is 63.8 Å². The lowest BCUT2D eigenvalue weighted by atomic mass is 9.94. The maximum absolute atomic E-state index is 12.0. The van der Waals surface area contributed by atoms with E-state index in [4.69, 9.17) is 58.8 Å². The molecule has 8 aromatic rings. The number of nitrogens with zero attached hydrogens (tertiary/aromatic N) is 20. The summed E-state index contributed by atoms with van der Waals surface area (Å²) in [6, 6.07) is 17.6. The third kappa shape index (κ3) is 18.3. The Morgan fingerprint density at radius 3 is 0.803 bits per heavy atom. The second kappa shape index (κ2) is 37.2. The van der Waals surface area contributed by atoms with Crippen LogP contribution in [0.25, 0.3) is 69.9 Å². The molecule has 0 N–H and O–H groups in total. The molecule has 8 saturated heterocycles. The van der Waals surface area contributed by atoms with Crippen molar-refractivity contribution in [3.8, 4) is 45.6 Å². The first-order valence-electron chi connectivity index (χ1n) is 43.9. The van der Waals surface area contributed by atoms with E-state index in [-0.39, 0.29) is 71.5 Å².